The highest BCUT2D eigenvalue weighted by Gasteiger charge is 2.11. The molecule has 1 aromatic rings. The van der Waals surface area contributed by atoms with Crippen LogP contribution in [0.2, 0.25) is 0 Å². The summed E-state index contributed by atoms with van der Waals surface area (Å²) in [5.74, 6) is -3.91. The Bertz CT molecular complexity index is 410. The molecule has 1 amide bonds. The summed E-state index contributed by atoms with van der Waals surface area (Å²) in [6.07, 6.45) is 0.757. The van der Waals surface area contributed by atoms with Crippen molar-refractivity contribution in [3.63, 3.8) is 0 Å². The first-order valence-corrected chi connectivity index (χ1v) is 5.13. The van der Waals surface area contributed by atoms with Gasteiger partial charge in [-0.25, -0.2) is 13.2 Å². The van der Waals surface area contributed by atoms with Crippen molar-refractivity contribution in [2.45, 2.75) is 12.8 Å². The number of anilines is 1. The van der Waals surface area contributed by atoms with Gasteiger partial charge >= 0.3 is 0 Å². The summed E-state index contributed by atoms with van der Waals surface area (Å²) in [7, 11) is 1.74. The van der Waals surface area contributed by atoms with Crippen LogP contribution in [-0.4, -0.2) is 19.5 Å². The number of hydrogen-bond donors (Lipinski definition) is 2. The van der Waals surface area contributed by atoms with E-state index in [1.54, 1.807) is 7.05 Å². The molecule has 0 saturated heterocycles. The van der Waals surface area contributed by atoms with Gasteiger partial charge in [0.1, 0.15) is 5.82 Å². The number of carbonyl (C=O) groups excluding carboxylic acids is 1. The molecular weight excluding hydrogens is 233 g/mol. The third-order valence-corrected chi connectivity index (χ3v) is 2.11. The number of nitrogens with one attached hydrogen (secondary N) is 2. The van der Waals surface area contributed by atoms with Crippen LogP contribution in [0.4, 0.5) is 18.9 Å². The quantitative estimate of drug-likeness (QED) is 0.616. The Kier molecular flexibility index (Phi) is 4.96. The number of amides is 1. The van der Waals surface area contributed by atoms with Crippen molar-refractivity contribution in [2.75, 3.05) is 18.9 Å². The molecule has 6 heteroatoms. The van der Waals surface area contributed by atoms with Crippen molar-refractivity contribution in [3.8, 4) is 0 Å². The number of rotatable bonds is 5. The molecule has 0 aliphatic rings. The topological polar surface area (TPSA) is 41.1 Å². The van der Waals surface area contributed by atoms with E-state index in [1.807, 2.05) is 0 Å². The van der Waals surface area contributed by atoms with E-state index in [1.165, 1.54) is 0 Å². The molecule has 0 aliphatic heterocycles. The Morgan fingerprint density at radius 3 is 2.47 bits per heavy atom. The predicted molar refractivity (Wildman–Crippen MR) is 58.1 cm³/mol. The Morgan fingerprint density at radius 1 is 1.18 bits per heavy atom. The Balaban J connectivity index is 2.62. The van der Waals surface area contributed by atoms with Crippen molar-refractivity contribution in [1.82, 2.24) is 5.32 Å². The van der Waals surface area contributed by atoms with E-state index in [0.29, 0.717) is 25.1 Å². The number of hydrogen-bond acceptors (Lipinski definition) is 2. The molecule has 0 radical (unpaired) electrons. The molecule has 0 bridgehead atoms. The van der Waals surface area contributed by atoms with Crippen LogP contribution in [0.3, 0.4) is 0 Å². The van der Waals surface area contributed by atoms with Gasteiger partial charge in [0.2, 0.25) is 5.91 Å². The highest BCUT2D eigenvalue weighted by Crippen LogP contribution is 2.18. The smallest absolute Gasteiger partial charge is 0.224 e. The first kappa shape index (κ1) is 13.5. The van der Waals surface area contributed by atoms with Gasteiger partial charge in [0.15, 0.2) is 11.6 Å². The van der Waals surface area contributed by atoms with Crippen LogP contribution < -0.4 is 10.6 Å². The average molecular weight is 246 g/mol. The third-order valence-electron chi connectivity index (χ3n) is 2.11. The average Bonchev–Trinajstić information content (AvgIpc) is 2.26. The Morgan fingerprint density at radius 2 is 1.82 bits per heavy atom. The van der Waals surface area contributed by atoms with E-state index in [4.69, 9.17) is 0 Å². The number of carbonyl (C=O) groups is 1. The molecule has 0 aliphatic carbocycles. The van der Waals surface area contributed by atoms with Gasteiger partial charge in [0, 0.05) is 18.6 Å². The summed E-state index contributed by atoms with van der Waals surface area (Å²) in [4.78, 5) is 11.3. The second-order valence-electron chi connectivity index (χ2n) is 3.50. The maximum Gasteiger partial charge on any atom is 0.224 e. The van der Waals surface area contributed by atoms with E-state index < -0.39 is 23.4 Å². The molecule has 3 nitrogen and oxygen atoms in total. The first-order valence-electron chi connectivity index (χ1n) is 5.13. The molecule has 0 aromatic heterocycles. The first-order chi connectivity index (χ1) is 8.04. The lowest BCUT2D eigenvalue weighted by atomic mass is 10.2. The second-order valence-corrected chi connectivity index (χ2v) is 3.50. The summed E-state index contributed by atoms with van der Waals surface area (Å²) in [5, 5.41) is 5.04. The summed E-state index contributed by atoms with van der Waals surface area (Å²) < 4.78 is 38.6. The van der Waals surface area contributed by atoms with Crippen LogP contribution >= 0.6 is 0 Å². The molecule has 0 atom stereocenters. The lowest BCUT2D eigenvalue weighted by molar-refractivity contribution is -0.116. The van der Waals surface area contributed by atoms with Gasteiger partial charge in [-0.3, -0.25) is 4.79 Å². The van der Waals surface area contributed by atoms with E-state index in [2.05, 4.69) is 10.6 Å². The van der Waals surface area contributed by atoms with Crippen LogP contribution in [0.5, 0.6) is 0 Å². The van der Waals surface area contributed by atoms with Crippen LogP contribution in [-0.2, 0) is 4.79 Å². The van der Waals surface area contributed by atoms with Gasteiger partial charge in [-0.15, -0.1) is 0 Å². The minimum Gasteiger partial charge on any atom is -0.324 e. The Labute approximate surface area is 97.0 Å². The number of halogens is 3. The summed E-state index contributed by atoms with van der Waals surface area (Å²) in [5.41, 5.74) is -0.349. The lowest BCUT2D eigenvalue weighted by Gasteiger charge is -2.06. The summed E-state index contributed by atoms with van der Waals surface area (Å²) >= 11 is 0. The van der Waals surface area contributed by atoms with E-state index in [9.17, 15) is 18.0 Å². The van der Waals surface area contributed by atoms with E-state index in [0.717, 1.165) is 0 Å². The molecule has 17 heavy (non-hydrogen) atoms. The van der Waals surface area contributed by atoms with Crippen molar-refractivity contribution < 1.29 is 18.0 Å². The third kappa shape index (κ3) is 4.07. The number of benzene rings is 1. The van der Waals surface area contributed by atoms with Gasteiger partial charge in [-0.2, -0.15) is 0 Å². The zero-order chi connectivity index (χ0) is 12.8. The van der Waals surface area contributed by atoms with Crippen molar-refractivity contribution >= 4 is 11.6 Å². The van der Waals surface area contributed by atoms with E-state index >= 15 is 0 Å². The normalized spacial score (nSPS) is 10.4. The zero-order valence-corrected chi connectivity index (χ0v) is 9.32. The largest absolute Gasteiger partial charge is 0.324 e. The highest BCUT2D eigenvalue weighted by atomic mass is 19.2. The summed E-state index contributed by atoms with van der Waals surface area (Å²) in [6, 6.07) is 1.03. The van der Waals surface area contributed by atoms with Crippen LogP contribution in [0.15, 0.2) is 12.1 Å². The zero-order valence-electron chi connectivity index (χ0n) is 9.32. The fourth-order valence-corrected chi connectivity index (χ4v) is 1.26. The van der Waals surface area contributed by atoms with Crippen molar-refractivity contribution in [2.24, 2.45) is 0 Å². The monoisotopic (exact) mass is 246 g/mol. The predicted octanol–water partition coefficient (Wildman–Crippen LogP) is 2.04. The van der Waals surface area contributed by atoms with Crippen molar-refractivity contribution in [3.05, 3.63) is 29.6 Å². The highest BCUT2D eigenvalue weighted by molar-refractivity contribution is 5.90. The fourth-order valence-electron chi connectivity index (χ4n) is 1.26. The molecule has 0 saturated carbocycles. The second kappa shape index (κ2) is 6.24. The molecule has 0 spiro atoms. The van der Waals surface area contributed by atoms with Gasteiger partial charge in [-0.1, -0.05) is 0 Å². The van der Waals surface area contributed by atoms with Crippen LogP contribution in [0.25, 0.3) is 0 Å². The van der Waals surface area contributed by atoms with E-state index in [-0.39, 0.29) is 12.1 Å². The minimum absolute atomic E-state index is 0.180. The minimum atomic E-state index is -1.28. The van der Waals surface area contributed by atoms with Crippen LogP contribution in [0.1, 0.15) is 12.8 Å². The van der Waals surface area contributed by atoms with Crippen molar-refractivity contribution in [1.29, 1.82) is 0 Å². The maximum atomic E-state index is 13.1. The van der Waals surface area contributed by atoms with Gasteiger partial charge in [0.25, 0.3) is 0 Å². The van der Waals surface area contributed by atoms with Gasteiger partial charge in [-0.05, 0) is 20.0 Å². The molecule has 0 heterocycles. The van der Waals surface area contributed by atoms with Gasteiger partial charge in [0.05, 0.1) is 5.69 Å². The van der Waals surface area contributed by atoms with Gasteiger partial charge < -0.3 is 10.6 Å². The molecule has 0 fully saturated rings. The maximum absolute atomic E-state index is 13.1. The fraction of sp³-hybridized carbons (Fsp3) is 0.364. The molecule has 94 valence electrons. The standard InChI is InChI=1S/C11H13F3N2O/c1-15-4-2-3-11(17)16-10-6-8(13)7(12)5-9(10)14/h5-6,15H,2-4H2,1H3,(H,16,17). The molecular formula is C11H13F3N2O. The lowest BCUT2D eigenvalue weighted by Crippen LogP contribution is -2.16. The summed E-state index contributed by atoms with van der Waals surface area (Å²) in [6.45, 7) is 0.647. The van der Waals surface area contributed by atoms with Crippen LogP contribution in [0, 0.1) is 17.5 Å². The molecule has 1 aromatic carbocycles. The molecule has 0 unspecified atom stereocenters. The molecule has 2 N–H and O–H groups in total. The SMILES string of the molecule is CNCCCC(=O)Nc1cc(F)c(F)cc1F. The molecule has 1 rings (SSSR count). The Hall–Kier alpha value is -1.56.